The van der Waals surface area contributed by atoms with Crippen molar-refractivity contribution in [1.82, 2.24) is 0 Å². The van der Waals surface area contributed by atoms with Crippen LogP contribution in [0, 0.1) is 5.41 Å². The highest BCUT2D eigenvalue weighted by Crippen LogP contribution is 2.33. The Labute approximate surface area is 190 Å². The van der Waals surface area contributed by atoms with Gasteiger partial charge in [0.2, 0.25) is 0 Å². The lowest BCUT2D eigenvalue weighted by atomic mass is 9.99. The Bertz CT molecular complexity index is 923. The molecule has 174 valence electrons. The Morgan fingerprint density at radius 2 is 1.62 bits per heavy atom. The van der Waals surface area contributed by atoms with Crippen LogP contribution in [0.2, 0.25) is 0 Å². The zero-order chi connectivity index (χ0) is 23.5. The molecule has 0 amide bonds. The number of ether oxygens (including phenoxy) is 2. The van der Waals surface area contributed by atoms with Crippen LogP contribution in [-0.4, -0.2) is 35.1 Å². The topological polar surface area (TPSA) is 99.8 Å². The van der Waals surface area contributed by atoms with Crippen LogP contribution < -0.4 is 9.47 Å². The molecule has 0 saturated heterocycles. The van der Waals surface area contributed by atoms with Crippen molar-refractivity contribution in [3.05, 3.63) is 52.6 Å². The third-order valence-corrected chi connectivity index (χ3v) is 5.22. The third-order valence-electron chi connectivity index (χ3n) is 5.22. The maximum Gasteiger partial charge on any atom is 0.307 e. The second-order valence-electron chi connectivity index (χ2n) is 7.83. The number of aryl methyl sites for hydroxylation is 1. The van der Waals surface area contributed by atoms with Crippen molar-refractivity contribution in [3.63, 3.8) is 0 Å². The number of phenolic OH excluding ortho intramolecular Hbond substituents is 1. The molecule has 0 aliphatic rings. The number of hydrogen-bond donors (Lipinski definition) is 3. The molecule has 0 aromatic heterocycles. The maximum absolute atomic E-state index is 11.0. The van der Waals surface area contributed by atoms with Crippen LogP contribution in [0.25, 0.3) is 0 Å². The molecule has 0 unspecified atom stereocenters. The number of aliphatic carboxylic acids is 1. The predicted molar refractivity (Wildman–Crippen MR) is 127 cm³/mol. The number of nitrogens with one attached hydrogen (secondary N) is 1. The Morgan fingerprint density at radius 3 is 2.25 bits per heavy atom. The number of carboxylic acid groups (broad SMARTS) is 1. The van der Waals surface area contributed by atoms with Gasteiger partial charge in [0, 0.05) is 23.3 Å². The first-order valence-electron chi connectivity index (χ1n) is 11.4. The lowest BCUT2D eigenvalue weighted by Crippen LogP contribution is -2.08. The smallest absolute Gasteiger partial charge is 0.307 e. The van der Waals surface area contributed by atoms with E-state index in [-0.39, 0.29) is 12.2 Å². The van der Waals surface area contributed by atoms with Crippen molar-refractivity contribution in [2.45, 2.75) is 65.7 Å². The molecule has 0 fully saturated rings. The van der Waals surface area contributed by atoms with Crippen LogP contribution >= 0.6 is 0 Å². The summed E-state index contributed by atoms with van der Waals surface area (Å²) in [5.41, 5.74) is 3.54. The van der Waals surface area contributed by atoms with Crippen LogP contribution in [0.3, 0.4) is 0 Å². The van der Waals surface area contributed by atoms with Gasteiger partial charge in [-0.25, -0.2) is 0 Å². The van der Waals surface area contributed by atoms with E-state index in [1.807, 2.05) is 32.0 Å². The lowest BCUT2D eigenvalue weighted by molar-refractivity contribution is -0.136. The van der Waals surface area contributed by atoms with Gasteiger partial charge in [-0.05, 0) is 48.6 Å². The van der Waals surface area contributed by atoms with Gasteiger partial charge < -0.3 is 25.1 Å². The highest BCUT2D eigenvalue weighted by Gasteiger charge is 2.15. The van der Waals surface area contributed by atoms with Crippen LogP contribution in [0.1, 0.15) is 68.7 Å². The molecule has 2 aromatic rings. The summed E-state index contributed by atoms with van der Waals surface area (Å²) in [6, 6.07) is 9.16. The molecule has 2 rings (SSSR count). The van der Waals surface area contributed by atoms with Crippen molar-refractivity contribution in [2.24, 2.45) is 0 Å². The van der Waals surface area contributed by atoms with E-state index >= 15 is 0 Å². The van der Waals surface area contributed by atoms with Crippen molar-refractivity contribution in [1.29, 1.82) is 5.41 Å². The van der Waals surface area contributed by atoms with Gasteiger partial charge in [-0.1, -0.05) is 45.7 Å². The fourth-order valence-corrected chi connectivity index (χ4v) is 3.62. The first-order chi connectivity index (χ1) is 15.4. The van der Waals surface area contributed by atoms with Gasteiger partial charge in [-0.15, -0.1) is 0 Å². The number of aromatic hydroxyl groups is 1. The number of carboxylic acids is 1. The summed E-state index contributed by atoms with van der Waals surface area (Å²) in [6.07, 6.45) is 4.58. The summed E-state index contributed by atoms with van der Waals surface area (Å²) in [5, 5.41) is 27.7. The molecule has 0 bridgehead atoms. The number of hydrogen-bond acceptors (Lipinski definition) is 5. The Morgan fingerprint density at radius 1 is 0.969 bits per heavy atom. The van der Waals surface area contributed by atoms with Gasteiger partial charge in [0.05, 0.1) is 19.6 Å². The molecule has 32 heavy (non-hydrogen) atoms. The normalized spacial score (nSPS) is 10.7. The van der Waals surface area contributed by atoms with Gasteiger partial charge in [0.15, 0.2) is 0 Å². The average molecular weight is 442 g/mol. The second kappa shape index (κ2) is 12.7. The predicted octanol–water partition coefficient (Wildman–Crippen LogP) is 5.55. The van der Waals surface area contributed by atoms with Gasteiger partial charge in [-0.3, -0.25) is 4.79 Å². The van der Waals surface area contributed by atoms with Crippen LogP contribution in [0.15, 0.2) is 30.3 Å². The zero-order valence-corrected chi connectivity index (χ0v) is 19.4. The lowest BCUT2D eigenvalue weighted by Gasteiger charge is -2.16. The summed E-state index contributed by atoms with van der Waals surface area (Å²) in [5.74, 6) is 0.749. The van der Waals surface area contributed by atoms with Crippen LogP contribution in [0.5, 0.6) is 17.2 Å². The van der Waals surface area contributed by atoms with E-state index < -0.39 is 5.97 Å². The molecule has 3 N–H and O–H groups in total. The van der Waals surface area contributed by atoms with E-state index in [0.29, 0.717) is 49.5 Å². The third kappa shape index (κ3) is 7.01. The highest BCUT2D eigenvalue weighted by molar-refractivity contribution is 6.01. The van der Waals surface area contributed by atoms with E-state index in [1.165, 1.54) is 0 Å². The van der Waals surface area contributed by atoms with E-state index in [9.17, 15) is 9.90 Å². The summed E-state index contributed by atoms with van der Waals surface area (Å²) in [6.45, 7) is 6.95. The van der Waals surface area contributed by atoms with Crippen molar-refractivity contribution >= 4 is 11.7 Å². The number of rotatable bonds is 14. The molecule has 0 heterocycles. The van der Waals surface area contributed by atoms with Gasteiger partial charge in [-0.2, -0.15) is 0 Å². The maximum atomic E-state index is 11.0. The molecule has 0 atom stereocenters. The van der Waals surface area contributed by atoms with Gasteiger partial charge in [0.25, 0.3) is 0 Å². The first-order valence-corrected chi connectivity index (χ1v) is 11.4. The van der Waals surface area contributed by atoms with Crippen molar-refractivity contribution in [2.75, 3.05) is 13.2 Å². The SMILES string of the molecule is CCCc1cc(CC(=O)O)ccc1OCCCOc1ccc(C(=N)CC)c(O)c1CCC. The average Bonchev–Trinajstić information content (AvgIpc) is 2.76. The molecular formula is C26H35NO5. The minimum absolute atomic E-state index is 0.00823. The Balaban J connectivity index is 1.97. The Kier molecular flexibility index (Phi) is 10.1. The summed E-state index contributed by atoms with van der Waals surface area (Å²) in [7, 11) is 0. The zero-order valence-electron chi connectivity index (χ0n) is 19.4. The van der Waals surface area contributed by atoms with Crippen molar-refractivity contribution < 1.29 is 24.5 Å². The summed E-state index contributed by atoms with van der Waals surface area (Å²) < 4.78 is 11.9. The first kappa shape index (κ1) is 25.2. The largest absolute Gasteiger partial charge is 0.507 e. The van der Waals surface area contributed by atoms with E-state index in [1.54, 1.807) is 12.1 Å². The van der Waals surface area contributed by atoms with Gasteiger partial charge in [0.1, 0.15) is 17.2 Å². The molecule has 6 heteroatoms. The summed E-state index contributed by atoms with van der Waals surface area (Å²) in [4.78, 5) is 11.0. The van der Waals surface area contributed by atoms with E-state index in [2.05, 4.69) is 6.92 Å². The fraction of sp³-hybridized carbons (Fsp3) is 0.462. The minimum Gasteiger partial charge on any atom is -0.507 e. The molecule has 0 radical (unpaired) electrons. The summed E-state index contributed by atoms with van der Waals surface area (Å²) >= 11 is 0. The molecule has 0 saturated carbocycles. The monoisotopic (exact) mass is 441 g/mol. The molecule has 6 nitrogen and oxygen atoms in total. The minimum atomic E-state index is -0.841. The van der Waals surface area contributed by atoms with Crippen LogP contribution in [-0.2, 0) is 24.1 Å². The number of benzene rings is 2. The molecule has 0 aliphatic carbocycles. The Hall–Kier alpha value is -3.02. The van der Waals surface area contributed by atoms with E-state index in [0.717, 1.165) is 41.7 Å². The molecule has 0 aliphatic heterocycles. The van der Waals surface area contributed by atoms with Crippen molar-refractivity contribution in [3.8, 4) is 17.2 Å². The molecule has 0 spiro atoms. The molecule has 2 aromatic carbocycles. The standard InChI is InChI=1S/C26H35NO5/c1-4-8-19-16-18(17-25(28)29)10-12-23(19)31-14-7-15-32-24-13-11-20(22(27)6-3)26(30)21(24)9-5-2/h10-13,16,27,30H,4-9,14-15,17H2,1-3H3,(H,28,29). The highest BCUT2D eigenvalue weighted by atomic mass is 16.5. The second-order valence-corrected chi connectivity index (χ2v) is 7.83. The van der Waals surface area contributed by atoms with Gasteiger partial charge >= 0.3 is 5.97 Å². The number of carbonyl (C=O) groups is 1. The van der Waals surface area contributed by atoms with E-state index in [4.69, 9.17) is 20.0 Å². The molecular weight excluding hydrogens is 406 g/mol. The van der Waals surface area contributed by atoms with Crippen LogP contribution in [0.4, 0.5) is 0 Å². The quantitative estimate of drug-likeness (QED) is 0.264. The number of phenols is 1. The fourth-order valence-electron chi connectivity index (χ4n) is 3.62.